The van der Waals surface area contributed by atoms with Crippen LogP contribution in [0.15, 0.2) is 130 Å². The van der Waals surface area contributed by atoms with Crippen LogP contribution in [0.4, 0.5) is 0 Å². The highest BCUT2D eigenvalue weighted by atomic mass is 32.3. The molecule has 4 aromatic rings. The molecule has 32 heavy (non-hydrogen) atoms. The van der Waals surface area contributed by atoms with Crippen LogP contribution >= 0.6 is 10.3 Å². The molecule has 2 nitrogen and oxygen atoms in total. The molecule has 0 fully saturated rings. The van der Waals surface area contributed by atoms with Crippen LogP contribution in [0, 0.1) is 0 Å². The van der Waals surface area contributed by atoms with Crippen LogP contribution < -0.4 is 0 Å². The summed E-state index contributed by atoms with van der Waals surface area (Å²) in [5.74, 6) is -0.322. The molecule has 3 heteroatoms. The Morgan fingerprint density at radius 3 is 1.31 bits per heavy atom. The third-order valence-electron chi connectivity index (χ3n) is 5.41. The molecule has 0 amide bonds. The van der Waals surface area contributed by atoms with Crippen LogP contribution in [0.5, 0.6) is 0 Å². The maximum absolute atomic E-state index is 13.5. The van der Waals surface area contributed by atoms with Gasteiger partial charge in [0.05, 0.1) is 5.56 Å². The van der Waals surface area contributed by atoms with Crippen molar-refractivity contribution in [1.29, 1.82) is 0 Å². The number of hydrogen-bond acceptors (Lipinski definition) is 2. The van der Waals surface area contributed by atoms with Gasteiger partial charge in [-0.05, 0) is 69.8 Å². The van der Waals surface area contributed by atoms with E-state index in [9.17, 15) is 4.79 Å². The van der Waals surface area contributed by atoms with E-state index in [2.05, 4.69) is 20.8 Å². The van der Waals surface area contributed by atoms with E-state index in [4.69, 9.17) is 4.18 Å². The van der Waals surface area contributed by atoms with Gasteiger partial charge in [0.2, 0.25) is 0 Å². The molecule has 0 aliphatic rings. The fourth-order valence-corrected chi connectivity index (χ4v) is 6.71. The predicted octanol–water partition coefficient (Wildman–Crippen LogP) is 8.04. The Balaban J connectivity index is 1.85. The molecule has 0 aliphatic carbocycles. The summed E-state index contributed by atoms with van der Waals surface area (Å²) in [6, 6.07) is 38.0. The van der Waals surface area contributed by atoms with Gasteiger partial charge in [-0.3, -0.25) is 0 Å². The molecule has 0 radical (unpaired) electrons. The summed E-state index contributed by atoms with van der Waals surface area (Å²) in [5, 5.41) is 0. The van der Waals surface area contributed by atoms with Crippen molar-refractivity contribution in [3.63, 3.8) is 0 Å². The van der Waals surface area contributed by atoms with Gasteiger partial charge >= 0.3 is 5.97 Å². The van der Waals surface area contributed by atoms with Gasteiger partial charge in [-0.2, -0.15) is 0 Å². The van der Waals surface area contributed by atoms with E-state index in [-0.39, 0.29) is 11.4 Å². The van der Waals surface area contributed by atoms with Crippen molar-refractivity contribution < 1.29 is 8.98 Å². The van der Waals surface area contributed by atoms with Crippen molar-refractivity contribution >= 4 is 16.3 Å². The minimum atomic E-state index is -2.27. The highest BCUT2D eigenvalue weighted by Gasteiger charge is 2.35. The first-order chi connectivity index (χ1) is 15.4. The molecule has 0 aliphatic heterocycles. The highest BCUT2D eigenvalue weighted by molar-refractivity contribution is 8.30. The lowest BCUT2D eigenvalue weighted by Gasteiger charge is -2.39. The van der Waals surface area contributed by atoms with Crippen molar-refractivity contribution in [1.82, 2.24) is 0 Å². The zero-order valence-corrected chi connectivity index (χ0v) is 19.5. The van der Waals surface area contributed by atoms with Crippen molar-refractivity contribution in [3.05, 3.63) is 126 Å². The maximum Gasteiger partial charge on any atom is 0.349 e. The van der Waals surface area contributed by atoms with Crippen LogP contribution in [-0.4, -0.2) is 5.97 Å². The summed E-state index contributed by atoms with van der Waals surface area (Å²) in [4.78, 5) is 16.5. The summed E-state index contributed by atoms with van der Waals surface area (Å²) in [5.41, 5.74) is 1.76. The molecule has 0 bridgehead atoms. The van der Waals surface area contributed by atoms with Crippen LogP contribution in [0.2, 0.25) is 0 Å². The second-order valence-electron chi connectivity index (χ2n) is 8.69. The monoisotopic (exact) mass is 440 g/mol. The van der Waals surface area contributed by atoms with Crippen LogP contribution in [0.1, 0.15) is 36.7 Å². The van der Waals surface area contributed by atoms with E-state index in [1.165, 1.54) is 5.56 Å². The minimum absolute atomic E-state index is 0.0234. The van der Waals surface area contributed by atoms with Gasteiger partial charge in [0.25, 0.3) is 0 Å². The second-order valence-corrected chi connectivity index (χ2v) is 11.4. The molecule has 0 saturated heterocycles. The molecular formula is C29H28O2S. The number of carbonyl (C=O) groups excluding carboxylic acids is 1. The number of carbonyl (C=O) groups is 1. The minimum Gasteiger partial charge on any atom is -0.398 e. The zero-order valence-electron chi connectivity index (χ0n) is 18.7. The SMILES string of the molecule is CC(C)(C)c1ccc(C(=O)OS(c2ccccc2)(c2ccccc2)c2ccccc2)cc1. The van der Waals surface area contributed by atoms with Gasteiger partial charge in [-0.1, -0.05) is 87.5 Å². The maximum atomic E-state index is 13.5. The lowest BCUT2D eigenvalue weighted by molar-refractivity contribution is 0.0757. The summed E-state index contributed by atoms with van der Waals surface area (Å²) in [6.07, 6.45) is 0. The van der Waals surface area contributed by atoms with Crippen molar-refractivity contribution in [2.24, 2.45) is 0 Å². The van der Waals surface area contributed by atoms with Crippen molar-refractivity contribution in [3.8, 4) is 0 Å². The first kappa shape index (κ1) is 21.9. The van der Waals surface area contributed by atoms with Crippen LogP contribution in [-0.2, 0) is 9.60 Å². The van der Waals surface area contributed by atoms with Crippen LogP contribution in [0.3, 0.4) is 0 Å². The summed E-state index contributed by atoms with van der Waals surface area (Å²) in [7, 11) is -2.27. The largest absolute Gasteiger partial charge is 0.398 e. The molecule has 4 aromatic carbocycles. The smallest absolute Gasteiger partial charge is 0.349 e. The van der Waals surface area contributed by atoms with Gasteiger partial charge in [0.15, 0.2) is 0 Å². The number of hydrogen-bond donors (Lipinski definition) is 0. The molecule has 0 spiro atoms. The molecule has 4 rings (SSSR count). The van der Waals surface area contributed by atoms with E-state index < -0.39 is 10.3 Å². The molecule has 0 saturated carbocycles. The normalized spacial score (nSPS) is 12.2. The summed E-state index contributed by atoms with van der Waals surface area (Å²) >= 11 is 0. The van der Waals surface area contributed by atoms with Gasteiger partial charge < -0.3 is 4.18 Å². The summed E-state index contributed by atoms with van der Waals surface area (Å²) < 4.78 is 6.55. The van der Waals surface area contributed by atoms with Gasteiger partial charge in [-0.25, -0.2) is 4.79 Å². The molecule has 0 atom stereocenters. The van der Waals surface area contributed by atoms with E-state index in [1.807, 2.05) is 115 Å². The third kappa shape index (κ3) is 4.35. The fraction of sp³-hybridized carbons (Fsp3) is 0.138. The Hall–Kier alpha value is -3.30. The average Bonchev–Trinajstić information content (AvgIpc) is 2.83. The molecule has 0 unspecified atom stereocenters. The fourth-order valence-electron chi connectivity index (χ4n) is 3.66. The van der Waals surface area contributed by atoms with Crippen LogP contribution in [0.25, 0.3) is 0 Å². The molecule has 0 heterocycles. The van der Waals surface area contributed by atoms with E-state index in [1.54, 1.807) is 0 Å². The summed E-state index contributed by atoms with van der Waals surface area (Å²) in [6.45, 7) is 6.49. The lowest BCUT2D eigenvalue weighted by Crippen LogP contribution is -2.15. The molecule has 0 N–H and O–H groups in total. The lowest BCUT2D eigenvalue weighted by atomic mass is 9.87. The van der Waals surface area contributed by atoms with E-state index in [0.717, 1.165) is 14.7 Å². The second kappa shape index (κ2) is 9.05. The van der Waals surface area contributed by atoms with E-state index >= 15 is 0 Å². The first-order valence-electron chi connectivity index (χ1n) is 10.7. The zero-order chi connectivity index (χ0) is 22.6. The molecule has 0 aromatic heterocycles. The Bertz CT molecular complexity index is 1070. The third-order valence-corrected chi connectivity index (χ3v) is 8.62. The standard InChI is InChI=1S/C29H28O2S/c1-29(2,3)24-21-19-23(20-22-24)28(30)31-32(25-13-7-4-8-14-25,26-15-9-5-10-16-26)27-17-11-6-12-18-27/h4-22H,1-3H3. The Kier molecular flexibility index (Phi) is 6.20. The van der Waals surface area contributed by atoms with E-state index in [0.29, 0.717) is 5.56 Å². The van der Waals surface area contributed by atoms with Gasteiger partial charge in [0.1, 0.15) is 0 Å². The Morgan fingerprint density at radius 1 is 0.594 bits per heavy atom. The Labute approximate surface area is 192 Å². The first-order valence-corrected chi connectivity index (χ1v) is 12.3. The molecular weight excluding hydrogens is 412 g/mol. The Morgan fingerprint density at radius 2 is 0.969 bits per heavy atom. The van der Waals surface area contributed by atoms with Crippen molar-refractivity contribution in [2.45, 2.75) is 40.9 Å². The number of benzene rings is 4. The quantitative estimate of drug-likeness (QED) is 0.314. The molecule has 162 valence electrons. The van der Waals surface area contributed by atoms with Crippen molar-refractivity contribution in [2.75, 3.05) is 0 Å². The topological polar surface area (TPSA) is 26.3 Å². The highest BCUT2D eigenvalue weighted by Crippen LogP contribution is 2.69. The van der Waals surface area contributed by atoms with Gasteiger partial charge in [0, 0.05) is 14.7 Å². The number of rotatable bonds is 5. The van der Waals surface area contributed by atoms with Gasteiger partial charge in [-0.15, -0.1) is 0 Å². The average molecular weight is 441 g/mol. The predicted molar refractivity (Wildman–Crippen MR) is 132 cm³/mol.